The summed E-state index contributed by atoms with van der Waals surface area (Å²) in [5.74, 6) is -1.67. The molecule has 2 atom stereocenters. The fourth-order valence-electron chi connectivity index (χ4n) is 4.57. The molecule has 4 nitrogen and oxygen atoms in total. The third-order valence-electron chi connectivity index (χ3n) is 6.50. The van der Waals surface area contributed by atoms with Gasteiger partial charge in [-0.2, -0.15) is 13.2 Å². The van der Waals surface area contributed by atoms with E-state index in [4.69, 9.17) is 0 Å². The zero-order valence-corrected chi connectivity index (χ0v) is 19.7. The van der Waals surface area contributed by atoms with E-state index < -0.39 is 17.7 Å². The molecule has 1 saturated heterocycles. The van der Waals surface area contributed by atoms with Crippen LogP contribution in [-0.4, -0.2) is 29.8 Å². The molecule has 8 heteroatoms. The molecule has 1 heterocycles. The fourth-order valence-corrected chi connectivity index (χ4v) is 4.57. The number of carbonyl (C=O) groups is 2. The van der Waals surface area contributed by atoms with Gasteiger partial charge in [-0.1, -0.05) is 42.5 Å². The van der Waals surface area contributed by atoms with E-state index in [9.17, 15) is 27.2 Å². The lowest BCUT2D eigenvalue weighted by atomic mass is 9.83. The number of alkyl halides is 3. The van der Waals surface area contributed by atoms with E-state index >= 15 is 0 Å². The van der Waals surface area contributed by atoms with Crippen molar-refractivity contribution in [2.75, 3.05) is 13.1 Å². The lowest BCUT2D eigenvalue weighted by molar-refractivity contribution is -0.137. The summed E-state index contributed by atoms with van der Waals surface area (Å²) in [6, 6.07) is 18.3. The molecule has 0 radical (unpaired) electrons. The minimum atomic E-state index is -4.47. The second-order valence-electron chi connectivity index (χ2n) is 9.13. The monoisotopic (exact) mass is 498 g/mol. The molecule has 1 fully saturated rings. The topological polar surface area (TPSA) is 49.4 Å². The predicted molar refractivity (Wildman–Crippen MR) is 128 cm³/mol. The van der Waals surface area contributed by atoms with Gasteiger partial charge in [-0.3, -0.25) is 9.59 Å². The number of rotatable bonds is 5. The van der Waals surface area contributed by atoms with Crippen LogP contribution in [0.2, 0.25) is 0 Å². The van der Waals surface area contributed by atoms with Crippen LogP contribution in [0.25, 0.3) is 0 Å². The molecule has 36 heavy (non-hydrogen) atoms. The van der Waals surface area contributed by atoms with Crippen molar-refractivity contribution in [1.82, 2.24) is 10.2 Å². The molecule has 0 saturated carbocycles. The van der Waals surface area contributed by atoms with Gasteiger partial charge < -0.3 is 10.2 Å². The summed E-state index contributed by atoms with van der Waals surface area (Å²) in [4.78, 5) is 28.0. The highest BCUT2D eigenvalue weighted by atomic mass is 19.4. The molecule has 3 aromatic rings. The van der Waals surface area contributed by atoms with Crippen molar-refractivity contribution >= 4 is 11.8 Å². The largest absolute Gasteiger partial charge is 0.416 e. The molecule has 1 aliphatic rings. The van der Waals surface area contributed by atoms with Crippen LogP contribution in [-0.2, 0) is 17.5 Å². The maximum atomic E-state index is 13.9. The van der Waals surface area contributed by atoms with Crippen LogP contribution in [0.5, 0.6) is 0 Å². The maximum absolute atomic E-state index is 13.9. The first-order valence-corrected chi connectivity index (χ1v) is 11.7. The molecular weight excluding hydrogens is 472 g/mol. The zero-order chi connectivity index (χ0) is 25.9. The lowest BCUT2D eigenvalue weighted by Gasteiger charge is -2.37. The summed E-state index contributed by atoms with van der Waals surface area (Å²) in [6.07, 6.45) is -4.04. The number of halogens is 4. The summed E-state index contributed by atoms with van der Waals surface area (Å²) < 4.78 is 52.9. The van der Waals surface area contributed by atoms with Crippen LogP contribution >= 0.6 is 0 Å². The number of likely N-dealkylation sites (tertiary alicyclic amines) is 1. The van der Waals surface area contributed by atoms with Crippen molar-refractivity contribution < 1.29 is 27.2 Å². The standard InChI is InChI=1S/C28H26F4N2O2/c1-18-12-21(10-11-25(18)29)22-14-23(17-34(16-22)27(36)20-7-3-2-4-8-20)26(35)33-15-19-6-5-9-24(13-19)28(30,31)32/h2-13,22-23H,14-17H2,1H3,(H,33,35)/t22-,23+/m0/s1. The Hall–Kier alpha value is -3.68. The van der Waals surface area contributed by atoms with Gasteiger partial charge in [-0.25, -0.2) is 4.39 Å². The highest BCUT2D eigenvalue weighted by Gasteiger charge is 2.35. The minimum Gasteiger partial charge on any atom is -0.352 e. The van der Waals surface area contributed by atoms with E-state index in [1.165, 1.54) is 18.2 Å². The summed E-state index contributed by atoms with van der Waals surface area (Å²) in [5.41, 5.74) is 1.35. The summed E-state index contributed by atoms with van der Waals surface area (Å²) >= 11 is 0. The van der Waals surface area contributed by atoms with Crippen LogP contribution in [0.1, 0.15) is 45.0 Å². The third-order valence-corrected chi connectivity index (χ3v) is 6.50. The Kier molecular flexibility index (Phi) is 7.43. The first kappa shape index (κ1) is 25.4. The SMILES string of the molecule is Cc1cc([C@H]2C[C@@H](C(=O)NCc3cccc(C(F)(F)F)c3)CN(C(=O)c3ccccc3)C2)ccc1F. The van der Waals surface area contributed by atoms with Crippen molar-refractivity contribution in [3.63, 3.8) is 0 Å². The number of nitrogens with zero attached hydrogens (tertiary/aromatic N) is 1. The Bertz CT molecular complexity index is 1240. The first-order valence-electron chi connectivity index (χ1n) is 11.7. The van der Waals surface area contributed by atoms with E-state index in [1.54, 1.807) is 54.3 Å². The van der Waals surface area contributed by atoms with Crippen molar-refractivity contribution in [3.8, 4) is 0 Å². The second kappa shape index (κ2) is 10.5. The van der Waals surface area contributed by atoms with Crippen LogP contribution in [0.15, 0.2) is 72.8 Å². The smallest absolute Gasteiger partial charge is 0.352 e. The number of piperidine rings is 1. The molecule has 0 bridgehead atoms. The van der Waals surface area contributed by atoms with E-state index in [0.717, 1.165) is 17.7 Å². The van der Waals surface area contributed by atoms with Gasteiger partial charge in [-0.15, -0.1) is 0 Å². The van der Waals surface area contributed by atoms with Crippen molar-refractivity contribution in [1.29, 1.82) is 0 Å². The Morgan fingerprint density at radius 2 is 1.72 bits per heavy atom. The highest BCUT2D eigenvalue weighted by Crippen LogP contribution is 2.33. The van der Waals surface area contributed by atoms with E-state index in [2.05, 4.69) is 5.32 Å². The minimum absolute atomic E-state index is 0.0633. The summed E-state index contributed by atoms with van der Waals surface area (Å²) in [6.45, 7) is 2.15. The molecule has 188 valence electrons. The van der Waals surface area contributed by atoms with E-state index in [0.29, 0.717) is 29.7 Å². The number of benzene rings is 3. The molecule has 0 unspecified atom stereocenters. The summed E-state index contributed by atoms with van der Waals surface area (Å²) in [7, 11) is 0. The fraction of sp³-hybridized carbons (Fsp3) is 0.286. The molecule has 4 rings (SSSR count). The first-order chi connectivity index (χ1) is 17.1. The Morgan fingerprint density at radius 3 is 2.42 bits per heavy atom. The molecule has 3 aromatic carbocycles. The number of carbonyl (C=O) groups excluding carboxylic acids is 2. The molecular formula is C28H26F4N2O2. The quantitative estimate of drug-likeness (QED) is 0.458. The Balaban J connectivity index is 1.53. The number of hydrogen-bond donors (Lipinski definition) is 1. The van der Waals surface area contributed by atoms with Crippen molar-refractivity contribution in [2.45, 2.75) is 32.0 Å². The van der Waals surface area contributed by atoms with E-state index in [-0.39, 0.29) is 36.6 Å². The second-order valence-corrected chi connectivity index (χ2v) is 9.13. The van der Waals surface area contributed by atoms with Gasteiger partial charge in [-0.05, 0) is 60.4 Å². The van der Waals surface area contributed by atoms with Crippen molar-refractivity contribution in [2.24, 2.45) is 5.92 Å². The zero-order valence-electron chi connectivity index (χ0n) is 19.7. The Morgan fingerprint density at radius 1 is 0.972 bits per heavy atom. The average molecular weight is 499 g/mol. The number of aryl methyl sites for hydroxylation is 1. The van der Waals surface area contributed by atoms with Crippen LogP contribution in [0.4, 0.5) is 17.6 Å². The lowest BCUT2D eigenvalue weighted by Crippen LogP contribution is -2.48. The van der Waals surface area contributed by atoms with Gasteiger partial charge in [0.05, 0.1) is 11.5 Å². The number of amides is 2. The van der Waals surface area contributed by atoms with Gasteiger partial charge in [0.15, 0.2) is 0 Å². The molecule has 0 aliphatic carbocycles. The molecule has 2 amide bonds. The maximum Gasteiger partial charge on any atom is 0.416 e. The summed E-state index contributed by atoms with van der Waals surface area (Å²) in [5, 5.41) is 2.73. The van der Waals surface area contributed by atoms with Crippen LogP contribution in [0, 0.1) is 18.7 Å². The average Bonchev–Trinajstić information content (AvgIpc) is 2.88. The highest BCUT2D eigenvalue weighted by molar-refractivity contribution is 5.94. The molecule has 0 aromatic heterocycles. The third kappa shape index (κ3) is 5.93. The van der Waals surface area contributed by atoms with Gasteiger partial charge in [0.2, 0.25) is 5.91 Å². The number of nitrogens with one attached hydrogen (secondary N) is 1. The van der Waals surface area contributed by atoms with Gasteiger partial charge in [0, 0.05) is 31.1 Å². The van der Waals surface area contributed by atoms with E-state index in [1.807, 2.05) is 0 Å². The Labute approximate surface area is 206 Å². The molecule has 1 N–H and O–H groups in total. The van der Waals surface area contributed by atoms with Crippen LogP contribution < -0.4 is 5.32 Å². The molecule has 0 spiro atoms. The van der Waals surface area contributed by atoms with Gasteiger partial charge in [0.1, 0.15) is 5.82 Å². The predicted octanol–water partition coefficient (Wildman–Crippen LogP) is 5.72. The van der Waals surface area contributed by atoms with Gasteiger partial charge in [0.25, 0.3) is 5.91 Å². The van der Waals surface area contributed by atoms with Crippen LogP contribution in [0.3, 0.4) is 0 Å². The van der Waals surface area contributed by atoms with Gasteiger partial charge >= 0.3 is 6.18 Å². The normalized spacial score (nSPS) is 18.1. The number of hydrogen-bond acceptors (Lipinski definition) is 2. The van der Waals surface area contributed by atoms with Crippen molar-refractivity contribution in [3.05, 3.63) is 106 Å². The molecule has 1 aliphatic heterocycles.